The summed E-state index contributed by atoms with van der Waals surface area (Å²) in [6.07, 6.45) is 3.21. The fourth-order valence-corrected chi connectivity index (χ4v) is 1.11. The molecule has 0 aromatic carbocycles. The van der Waals surface area contributed by atoms with Gasteiger partial charge in [0.05, 0.1) is 0 Å². The fourth-order valence-electron chi connectivity index (χ4n) is 1.11. The minimum Gasteiger partial charge on any atom is -0.293 e. The number of aromatic nitrogens is 3. The van der Waals surface area contributed by atoms with Crippen molar-refractivity contribution in [2.45, 2.75) is 39.5 Å². The molecule has 0 atom stereocenters. The number of carbonyl (C=O) groups is 1. The van der Waals surface area contributed by atoms with Crippen LogP contribution in [0.3, 0.4) is 0 Å². The zero-order chi connectivity index (χ0) is 10.4. The number of hydrogen-bond acceptors (Lipinski definition) is 3. The monoisotopic (exact) mass is 196 g/mol. The predicted octanol–water partition coefficient (Wildman–Crippen LogP) is 1.50. The highest BCUT2D eigenvalue weighted by Gasteiger charge is 2.05. The van der Waals surface area contributed by atoms with E-state index in [0.717, 1.165) is 25.1 Å². The highest BCUT2D eigenvalue weighted by molar-refractivity contribution is 5.88. The molecule has 0 aliphatic rings. The van der Waals surface area contributed by atoms with Gasteiger partial charge in [0, 0.05) is 12.8 Å². The molecule has 1 amide bonds. The van der Waals surface area contributed by atoms with Crippen LogP contribution >= 0.6 is 0 Å². The van der Waals surface area contributed by atoms with Crippen LogP contribution < -0.4 is 5.32 Å². The molecule has 1 heterocycles. The lowest BCUT2D eigenvalue weighted by atomic mass is 10.3. The zero-order valence-corrected chi connectivity index (χ0v) is 8.63. The van der Waals surface area contributed by atoms with Crippen LogP contribution in [0.25, 0.3) is 0 Å². The summed E-state index contributed by atoms with van der Waals surface area (Å²) in [4.78, 5) is 15.3. The maximum atomic E-state index is 11.2. The number of nitrogens with one attached hydrogen (secondary N) is 2. The van der Waals surface area contributed by atoms with E-state index in [-0.39, 0.29) is 5.91 Å². The highest BCUT2D eigenvalue weighted by Crippen LogP contribution is 2.01. The van der Waals surface area contributed by atoms with Crippen molar-refractivity contribution in [3.63, 3.8) is 0 Å². The van der Waals surface area contributed by atoms with Gasteiger partial charge in [-0.2, -0.15) is 4.98 Å². The van der Waals surface area contributed by atoms with Crippen LogP contribution in [-0.2, 0) is 11.2 Å². The Morgan fingerprint density at radius 1 is 1.43 bits per heavy atom. The van der Waals surface area contributed by atoms with E-state index in [9.17, 15) is 4.79 Å². The quantitative estimate of drug-likeness (QED) is 0.749. The summed E-state index contributed by atoms with van der Waals surface area (Å²) in [5.74, 6) is 1.17. The summed E-state index contributed by atoms with van der Waals surface area (Å²) in [5, 5.41) is 9.30. The Balaban J connectivity index is 2.46. The van der Waals surface area contributed by atoms with Gasteiger partial charge in [0.25, 0.3) is 0 Å². The molecule has 0 radical (unpaired) electrons. The average molecular weight is 196 g/mol. The maximum absolute atomic E-state index is 11.2. The number of anilines is 1. The molecular formula is C9H16N4O. The lowest BCUT2D eigenvalue weighted by molar-refractivity contribution is -0.116. The summed E-state index contributed by atoms with van der Waals surface area (Å²) in [7, 11) is 0. The largest absolute Gasteiger partial charge is 0.293 e. The van der Waals surface area contributed by atoms with Crippen molar-refractivity contribution < 1.29 is 4.79 Å². The van der Waals surface area contributed by atoms with Crippen LogP contribution in [-0.4, -0.2) is 21.1 Å². The normalized spacial score (nSPS) is 10.1. The van der Waals surface area contributed by atoms with Gasteiger partial charge in [-0.25, -0.2) is 0 Å². The van der Waals surface area contributed by atoms with Gasteiger partial charge in [-0.15, -0.1) is 5.10 Å². The highest BCUT2D eigenvalue weighted by atomic mass is 16.1. The summed E-state index contributed by atoms with van der Waals surface area (Å²) < 4.78 is 0. The summed E-state index contributed by atoms with van der Waals surface area (Å²) in [6.45, 7) is 4.03. The van der Waals surface area contributed by atoms with Crippen LogP contribution in [0.1, 0.15) is 38.9 Å². The topological polar surface area (TPSA) is 70.7 Å². The third-order valence-corrected chi connectivity index (χ3v) is 1.75. The Kier molecular flexibility index (Phi) is 4.10. The molecule has 2 N–H and O–H groups in total. The molecule has 5 nitrogen and oxygen atoms in total. The molecule has 0 aliphatic heterocycles. The summed E-state index contributed by atoms with van der Waals surface area (Å²) >= 11 is 0. The number of nitrogens with zero attached hydrogens (tertiary/aromatic N) is 2. The molecule has 1 aromatic rings. The molecule has 14 heavy (non-hydrogen) atoms. The molecule has 0 unspecified atom stereocenters. The molecular weight excluding hydrogens is 180 g/mol. The Hall–Kier alpha value is -1.39. The predicted molar refractivity (Wildman–Crippen MR) is 53.9 cm³/mol. The second-order valence-electron chi connectivity index (χ2n) is 3.15. The number of aryl methyl sites for hydroxylation is 1. The number of rotatable bonds is 5. The lowest BCUT2D eigenvalue weighted by Gasteiger charge is -1.96. The summed E-state index contributed by atoms with van der Waals surface area (Å²) in [6, 6.07) is 0. The van der Waals surface area contributed by atoms with Crippen LogP contribution in [0, 0.1) is 0 Å². The van der Waals surface area contributed by atoms with Gasteiger partial charge in [-0.1, -0.05) is 13.8 Å². The van der Waals surface area contributed by atoms with Crippen LogP contribution in [0.5, 0.6) is 0 Å². The van der Waals surface area contributed by atoms with Crippen LogP contribution in [0.4, 0.5) is 5.95 Å². The van der Waals surface area contributed by atoms with Crippen molar-refractivity contribution in [1.29, 1.82) is 0 Å². The minimum atomic E-state index is -0.0328. The van der Waals surface area contributed by atoms with E-state index in [4.69, 9.17) is 0 Å². The number of aromatic amines is 1. The molecule has 0 saturated carbocycles. The van der Waals surface area contributed by atoms with Gasteiger partial charge in [0.1, 0.15) is 5.82 Å². The standard InChI is InChI=1S/C9H16N4O/c1-3-5-7-10-9(13-12-7)11-8(14)6-4-2/h3-6H2,1-2H3,(H2,10,11,12,13,14). The first kappa shape index (κ1) is 10.7. The van der Waals surface area contributed by atoms with Crippen molar-refractivity contribution in [2.24, 2.45) is 0 Å². The van der Waals surface area contributed by atoms with Crippen LogP contribution in [0.15, 0.2) is 0 Å². The Morgan fingerprint density at radius 3 is 2.86 bits per heavy atom. The molecule has 0 fully saturated rings. The van der Waals surface area contributed by atoms with E-state index in [1.54, 1.807) is 0 Å². The van der Waals surface area contributed by atoms with Crippen molar-refractivity contribution in [2.75, 3.05) is 5.32 Å². The Bertz CT molecular complexity index is 295. The first-order valence-corrected chi connectivity index (χ1v) is 4.97. The van der Waals surface area contributed by atoms with E-state index in [1.165, 1.54) is 0 Å². The third-order valence-electron chi connectivity index (χ3n) is 1.75. The number of amides is 1. The fraction of sp³-hybridized carbons (Fsp3) is 0.667. The maximum Gasteiger partial charge on any atom is 0.248 e. The smallest absolute Gasteiger partial charge is 0.248 e. The lowest BCUT2D eigenvalue weighted by Crippen LogP contribution is -2.11. The van der Waals surface area contributed by atoms with Gasteiger partial charge < -0.3 is 0 Å². The van der Waals surface area contributed by atoms with E-state index in [0.29, 0.717) is 12.4 Å². The molecule has 1 aromatic heterocycles. The van der Waals surface area contributed by atoms with Gasteiger partial charge in [0.2, 0.25) is 11.9 Å². The van der Waals surface area contributed by atoms with Gasteiger partial charge in [-0.3, -0.25) is 15.2 Å². The third kappa shape index (κ3) is 3.16. The SMILES string of the molecule is CCCC(=O)Nc1n[nH]c(CCC)n1. The van der Waals surface area contributed by atoms with E-state index in [2.05, 4.69) is 27.4 Å². The van der Waals surface area contributed by atoms with Gasteiger partial charge in [-0.05, 0) is 12.8 Å². The molecule has 78 valence electrons. The number of hydrogen-bond donors (Lipinski definition) is 2. The Morgan fingerprint density at radius 2 is 2.21 bits per heavy atom. The van der Waals surface area contributed by atoms with Crippen molar-refractivity contribution in [1.82, 2.24) is 15.2 Å². The molecule has 0 bridgehead atoms. The van der Waals surface area contributed by atoms with E-state index in [1.807, 2.05) is 6.92 Å². The molecule has 5 heteroatoms. The zero-order valence-electron chi connectivity index (χ0n) is 8.63. The molecule has 0 spiro atoms. The van der Waals surface area contributed by atoms with Gasteiger partial charge >= 0.3 is 0 Å². The van der Waals surface area contributed by atoms with E-state index >= 15 is 0 Å². The summed E-state index contributed by atoms with van der Waals surface area (Å²) in [5.41, 5.74) is 0. The number of H-pyrrole nitrogens is 1. The first-order valence-electron chi connectivity index (χ1n) is 4.97. The Labute approximate surface area is 83.3 Å². The molecule has 0 saturated heterocycles. The molecule has 0 aliphatic carbocycles. The molecule has 1 rings (SSSR count). The van der Waals surface area contributed by atoms with Crippen molar-refractivity contribution in [3.8, 4) is 0 Å². The van der Waals surface area contributed by atoms with Crippen molar-refractivity contribution >= 4 is 11.9 Å². The first-order chi connectivity index (χ1) is 6.76. The second kappa shape index (κ2) is 5.36. The number of carbonyl (C=O) groups excluding carboxylic acids is 1. The van der Waals surface area contributed by atoms with E-state index < -0.39 is 0 Å². The average Bonchev–Trinajstić information content (AvgIpc) is 2.53. The van der Waals surface area contributed by atoms with Crippen LogP contribution in [0.2, 0.25) is 0 Å². The second-order valence-corrected chi connectivity index (χ2v) is 3.15. The van der Waals surface area contributed by atoms with Gasteiger partial charge in [0.15, 0.2) is 0 Å². The minimum absolute atomic E-state index is 0.0328. The van der Waals surface area contributed by atoms with Crippen molar-refractivity contribution in [3.05, 3.63) is 5.82 Å².